The van der Waals surface area contributed by atoms with Gasteiger partial charge in [0.2, 0.25) is 0 Å². The van der Waals surface area contributed by atoms with E-state index in [4.69, 9.17) is 0 Å². The molecule has 1 aromatic heterocycles. The van der Waals surface area contributed by atoms with Crippen LogP contribution in [0.15, 0.2) is 17.5 Å². The van der Waals surface area contributed by atoms with Gasteiger partial charge in [-0.2, -0.15) is 0 Å². The van der Waals surface area contributed by atoms with Crippen LogP contribution in [-0.4, -0.2) is 30.1 Å². The van der Waals surface area contributed by atoms with Crippen LogP contribution in [0, 0.1) is 0 Å². The minimum Gasteiger partial charge on any atom is -0.310 e. The maximum Gasteiger partial charge on any atom is 0.0439 e. The van der Waals surface area contributed by atoms with Crippen molar-refractivity contribution in [1.29, 1.82) is 0 Å². The molecule has 0 radical (unpaired) electrons. The van der Waals surface area contributed by atoms with Crippen molar-refractivity contribution in [3.05, 3.63) is 22.4 Å². The van der Waals surface area contributed by atoms with Crippen LogP contribution in [-0.2, 0) is 0 Å². The summed E-state index contributed by atoms with van der Waals surface area (Å²) in [5.41, 5.74) is 0. The molecule has 0 saturated carbocycles. The monoisotopic (exact) mass is 252 g/mol. The van der Waals surface area contributed by atoms with Crippen molar-refractivity contribution in [1.82, 2.24) is 10.2 Å². The van der Waals surface area contributed by atoms with Gasteiger partial charge in [0.1, 0.15) is 0 Å². The summed E-state index contributed by atoms with van der Waals surface area (Å²) in [6.07, 6.45) is 2.51. The summed E-state index contributed by atoms with van der Waals surface area (Å²) in [5.74, 6) is 0. The van der Waals surface area contributed by atoms with Crippen molar-refractivity contribution in [2.45, 2.75) is 51.7 Å². The van der Waals surface area contributed by atoms with E-state index in [9.17, 15) is 0 Å². The second-order valence-electron chi connectivity index (χ2n) is 5.24. The van der Waals surface area contributed by atoms with E-state index in [1.807, 2.05) is 11.3 Å². The first-order valence-electron chi connectivity index (χ1n) is 6.74. The Kier molecular flexibility index (Phi) is 4.60. The van der Waals surface area contributed by atoms with E-state index < -0.39 is 0 Å². The average Bonchev–Trinajstić information content (AvgIpc) is 2.90. The highest BCUT2D eigenvalue weighted by atomic mass is 32.1. The van der Waals surface area contributed by atoms with Gasteiger partial charge in [-0.3, -0.25) is 4.90 Å². The van der Waals surface area contributed by atoms with Crippen molar-refractivity contribution in [3.8, 4) is 0 Å². The zero-order chi connectivity index (χ0) is 12.3. The van der Waals surface area contributed by atoms with Crippen LogP contribution in [0.4, 0.5) is 0 Å². The molecule has 0 aromatic carbocycles. The minimum absolute atomic E-state index is 0.599. The first-order valence-corrected chi connectivity index (χ1v) is 7.62. The predicted octanol–water partition coefficient (Wildman–Crippen LogP) is 3.27. The Balaban J connectivity index is 1.94. The molecule has 2 nitrogen and oxygen atoms in total. The summed E-state index contributed by atoms with van der Waals surface area (Å²) in [6, 6.07) is 6.37. The van der Waals surface area contributed by atoms with Gasteiger partial charge in [0.15, 0.2) is 0 Å². The molecular weight excluding hydrogens is 228 g/mol. The van der Waals surface area contributed by atoms with Crippen molar-refractivity contribution >= 4 is 11.3 Å². The van der Waals surface area contributed by atoms with E-state index in [-0.39, 0.29) is 0 Å². The maximum absolute atomic E-state index is 3.66. The fraction of sp³-hybridized carbons (Fsp3) is 0.714. The summed E-state index contributed by atoms with van der Waals surface area (Å²) in [6.45, 7) is 9.21. The highest BCUT2D eigenvalue weighted by Crippen LogP contribution is 2.30. The summed E-state index contributed by atoms with van der Waals surface area (Å²) >= 11 is 1.90. The lowest BCUT2D eigenvalue weighted by Gasteiger charge is -2.26. The molecule has 2 atom stereocenters. The van der Waals surface area contributed by atoms with E-state index in [2.05, 4.69) is 48.5 Å². The van der Waals surface area contributed by atoms with E-state index in [1.54, 1.807) is 0 Å². The Bertz CT molecular complexity index is 321. The van der Waals surface area contributed by atoms with E-state index in [0.29, 0.717) is 18.1 Å². The number of likely N-dealkylation sites (tertiary alicyclic amines) is 1. The third kappa shape index (κ3) is 3.30. The molecule has 2 rings (SSSR count). The maximum atomic E-state index is 3.66. The van der Waals surface area contributed by atoms with Crippen LogP contribution in [0.3, 0.4) is 0 Å². The number of nitrogens with one attached hydrogen (secondary N) is 1. The zero-order valence-corrected chi connectivity index (χ0v) is 12.0. The smallest absolute Gasteiger partial charge is 0.0439 e. The molecule has 0 amide bonds. The topological polar surface area (TPSA) is 15.3 Å². The van der Waals surface area contributed by atoms with Gasteiger partial charge in [0.25, 0.3) is 0 Å². The minimum atomic E-state index is 0.599. The summed E-state index contributed by atoms with van der Waals surface area (Å²) in [5, 5.41) is 5.85. The molecule has 0 bridgehead atoms. The number of rotatable bonds is 5. The normalized spacial score (nSPS) is 23.4. The fourth-order valence-electron chi connectivity index (χ4n) is 2.80. The van der Waals surface area contributed by atoms with Crippen molar-refractivity contribution in [2.75, 3.05) is 13.1 Å². The van der Waals surface area contributed by atoms with Gasteiger partial charge in [-0.05, 0) is 24.3 Å². The van der Waals surface area contributed by atoms with Crippen LogP contribution in [0.25, 0.3) is 0 Å². The molecule has 96 valence electrons. The van der Waals surface area contributed by atoms with Gasteiger partial charge in [0.05, 0.1) is 0 Å². The first-order chi connectivity index (χ1) is 8.20. The Morgan fingerprint density at radius 3 is 2.94 bits per heavy atom. The molecule has 17 heavy (non-hydrogen) atoms. The highest BCUT2D eigenvalue weighted by molar-refractivity contribution is 7.10. The van der Waals surface area contributed by atoms with Crippen LogP contribution in [0.2, 0.25) is 0 Å². The number of hydrogen-bond acceptors (Lipinski definition) is 3. The summed E-state index contributed by atoms with van der Waals surface area (Å²) in [4.78, 5) is 4.17. The molecule has 3 heteroatoms. The molecule has 2 unspecified atom stereocenters. The number of thiophene rings is 1. The molecule has 0 spiro atoms. The third-order valence-corrected chi connectivity index (χ3v) is 4.46. The standard InChI is InChI=1S/C14H24N2S/c1-4-13(14-6-5-9-17-14)16-8-7-12(10-16)15-11(2)3/h5-6,9,11-13,15H,4,7-8,10H2,1-3H3. The van der Waals surface area contributed by atoms with Gasteiger partial charge in [0, 0.05) is 36.1 Å². The quantitative estimate of drug-likeness (QED) is 0.865. The molecule has 1 saturated heterocycles. The molecule has 1 fully saturated rings. The second kappa shape index (κ2) is 5.98. The lowest BCUT2D eigenvalue weighted by Crippen LogP contribution is -2.37. The van der Waals surface area contributed by atoms with Gasteiger partial charge in [-0.15, -0.1) is 11.3 Å². The van der Waals surface area contributed by atoms with Gasteiger partial charge in [-0.25, -0.2) is 0 Å². The Hall–Kier alpha value is -0.380. The van der Waals surface area contributed by atoms with Crippen LogP contribution in [0.1, 0.15) is 44.5 Å². The third-order valence-electron chi connectivity index (χ3n) is 3.49. The second-order valence-corrected chi connectivity index (χ2v) is 6.22. The largest absolute Gasteiger partial charge is 0.310 e. The van der Waals surface area contributed by atoms with Crippen LogP contribution >= 0.6 is 11.3 Å². The van der Waals surface area contributed by atoms with Crippen LogP contribution in [0.5, 0.6) is 0 Å². The molecule has 1 N–H and O–H groups in total. The first kappa shape index (κ1) is 13.1. The molecule has 1 aliphatic rings. The molecule has 1 aromatic rings. The van der Waals surface area contributed by atoms with E-state index in [1.165, 1.54) is 30.8 Å². The summed E-state index contributed by atoms with van der Waals surface area (Å²) in [7, 11) is 0. The molecule has 1 aliphatic heterocycles. The highest BCUT2D eigenvalue weighted by Gasteiger charge is 2.28. The van der Waals surface area contributed by atoms with Gasteiger partial charge in [-0.1, -0.05) is 26.8 Å². The van der Waals surface area contributed by atoms with Crippen molar-refractivity contribution < 1.29 is 0 Å². The number of hydrogen-bond donors (Lipinski definition) is 1. The van der Waals surface area contributed by atoms with E-state index >= 15 is 0 Å². The fourth-order valence-corrected chi connectivity index (χ4v) is 3.74. The lowest BCUT2D eigenvalue weighted by molar-refractivity contribution is 0.235. The lowest BCUT2D eigenvalue weighted by atomic mass is 10.1. The Morgan fingerprint density at radius 1 is 1.53 bits per heavy atom. The van der Waals surface area contributed by atoms with Crippen molar-refractivity contribution in [3.63, 3.8) is 0 Å². The van der Waals surface area contributed by atoms with Gasteiger partial charge < -0.3 is 5.32 Å². The summed E-state index contributed by atoms with van der Waals surface area (Å²) < 4.78 is 0. The van der Waals surface area contributed by atoms with Crippen molar-refractivity contribution in [2.24, 2.45) is 0 Å². The Morgan fingerprint density at radius 2 is 2.35 bits per heavy atom. The molecular formula is C14H24N2S. The van der Waals surface area contributed by atoms with E-state index in [0.717, 1.165) is 0 Å². The molecule has 0 aliphatic carbocycles. The zero-order valence-electron chi connectivity index (χ0n) is 11.1. The Labute approximate surface area is 109 Å². The molecule has 2 heterocycles. The predicted molar refractivity (Wildman–Crippen MR) is 75.6 cm³/mol. The SMILES string of the molecule is CCC(c1cccs1)N1CCC(NC(C)C)C1. The average molecular weight is 252 g/mol. The van der Waals surface area contributed by atoms with Gasteiger partial charge >= 0.3 is 0 Å². The van der Waals surface area contributed by atoms with Crippen LogP contribution < -0.4 is 5.32 Å². The number of nitrogens with zero attached hydrogens (tertiary/aromatic N) is 1.